The minimum absolute atomic E-state index is 0.00276. The summed E-state index contributed by atoms with van der Waals surface area (Å²) in [6, 6.07) is 9.76. The number of benzene rings is 1. The van der Waals surface area contributed by atoms with Gasteiger partial charge in [-0.05, 0) is 45.1 Å². The van der Waals surface area contributed by atoms with Crippen molar-refractivity contribution in [1.29, 1.82) is 0 Å². The van der Waals surface area contributed by atoms with Crippen LogP contribution in [-0.2, 0) is 25.8 Å². The van der Waals surface area contributed by atoms with Crippen molar-refractivity contribution in [2.75, 3.05) is 0 Å². The number of hydrogen-bond donors (Lipinski definition) is 1. The highest BCUT2D eigenvalue weighted by atomic mass is 32.2. The lowest BCUT2D eigenvalue weighted by Crippen LogP contribution is -2.24. The molecule has 2 aromatic rings. The van der Waals surface area contributed by atoms with Crippen LogP contribution in [0.3, 0.4) is 0 Å². The van der Waals surface area contributed by atoms with E-state index in [2.05, 4.69) is 0 Å². The SMILES string of the molecule is CC(C)(C)OC(=O)CCc1cc(O)c(S(=O)(=O)C(c2ccccc2)C2CC2)c(=O)o1. The van der Waals surface area contributed by atoms with Crippen molar-refractivity contribution in [1.82, 2.24) is 0 Å². The van der Waals surface area contributed by atoms with Crippen molar-refractivity contribution in [2.24, 2.45) is 5.92 Å². The Morgan fingerprint density at radius 3 is 2.40 bits per heavy atom. The van der Waals surface area contributed by atoms with Gasteiger partial charge in [0.05, 0.1) is 11.7 Å². The average Bonchev–Trinajstić information content (AvgIpc) is 3.43. The number of sulfone groups is 1. The zero-order valence-electron chi connectivity index (χ0n) is 17.3. The number of ether oxygens (including phenoxy) is 1. The Bertz CT molecular complexity index is 1070. The van der Waals surface area contributed by atoms with Gasteiger partial charge in [0.1, 0.15) is 17.1 Å². The first-order valence-corrected chi connectivity index (χ1v) is 11.4. The number of carbonyl (C=O) groups is 1. The maximum atomic E-state index is 13.3. The van der Waals surface area contributed by atoms with Gasteiger partial charge in [-0.2, -0.15) is 0 Å². The van der Waals surface area contributed by atoms with Crippen LogP contribution >= 0.6 is 0 Å². The minimum Gasteiger partial charge on any atom is -0.506 e. The predicted molar refractivity (Wildman–Crippen MR) is 110 cm³/mol. The Morgan fingerprint density at radius 1 is 1.23 bits per heavy atom. The van der Waals surface area contributed by atoms with Crippen LogP contribution in [0.1, 0.15) is 56.6 Å². The van der Waals surface area contributed by atoms with E-state index in [1.165, 1.54) is 0 Å². The Morgan fingerprint density at radius 2 is 1.87 bits per heavy atom. The zero-order chi connectivity index (χ0) is 22.1. The van der Waals surface area contributed by atoms with Gasteiger partial charge < -0.3 is 14.3 Å². The molecule has 1 aromatic carbocycles. The summed E-state index contributed by atoms with van der Waals surface area (Å²) in [5.41, 5.74) is -1.20. The third-order valence-corrected chi connectivity index (χ3v) is 7.00. The van der Waals surface area contributed by atoms with Gasteiger partial charge in [0, 0.05) is 12.5 Å². The molecule has 1 atom stereocenters. The number of esters is 1. The van der Waals surface area contributed by atoms with Crippen LogP contribution in [0.15, 0.2) is 50.5 Å². The molecule has 0 radical (unpaired) electrons. The van der Waals surface area contributed by atoms with Crippen LogP contribution in [0.5, 0.6) is 5.75 Å². The molecule has 30 heavy (non-hydrogen) atoms. The molecule has 1 aliphatic carbocycles. The molecule has 0 bridgehead atoms. The fraction of sp³-hybridized carbons (Fsp3) is 0.455. The van der Waals surface area contributed by atoms with Crippen LogP contribution in [-0.4, -0.2) is 25.1 Å². The van der Waals surface area contributed by atoms with Crippen LogP contribution in [0.2, 0.25) is 0 Å². The summed E-state index contributed by atoms with van der Waals surface area (Å²) < 4.78 is 36.9. The number of rotatable bonds is 7. The fourth-order valence-electron chi connectivity index (χ4n) is 3.39. The van der Waals surface area contributed by atoms with Crippen molar-refractivity contribution in [3.8, 4) is 5.75 Å². The van der Waals surface area contributed by atoms with Crippen LogP contribution < -0.4 is 5.63 Å². The summed E-state index contributed by atoms with van der Waals surface area (Å²) in [4.78, 5) is 23.7. The van der Waals surface area contributed by atoms with Crippen molar-refractivity contribution in [2.45, 2.75) is 62.2 Å². The Labute approximate surface area is 175 Å². The summed E-state index contributed by atoms with van der Waals surface area (Å²) in [5, 5.41) is 9.49. The first kappa shape index (κ1) is 22.1. The number of hydrogen-bond acceptors (Lipinski definition) is 7. The summed E-state index contributed by atoms with van der Waals surface area (Å²) in [5.74, 6) is -1.24. The normalized spacial score (nSPS) is 15.6. The molecular formula is C22H26O7S. The molecule has 1 fully saturated rings. The number of aromatic hydroxyl groups is 1. The lowest BCUT2D eigenvalue weighted by Gasteiger charge is -2.19. The smallest absolute Gasteiger partial charge is 0.358 e. The summed E-state index contributed by atoms with van der Waals surface area (Å²) in [6.45, 7) is 5.21. The summed E-state index contributed by atoms with van der Waals surface area (Å²) in [7, 11) is -4.17. The Balaban J connectivity index is 1.87. The molecule has 7 nitrogen and oxygen atoms in total. The van der Waals surface area contributed by atoms with Gasteiger partial charge in [-0.1, -0.05) is 30.3 Å². The molecule has 0 aliphatic heterocycles. The third-order valence-electron chi connectivity index (χ3n) is 4.73. The van der Waals surface area contributed by atoms with Crippen molar-refractivity contribution in [3.63, 3.8) is 0 Å². The van der Waals surface area contributed by atoms with Gasteiger partial charge in [-0.15, -0.1) is 0 Å². The van der Waals surface area contributed by atoms with Gasteiger partial charge in [-0.25, -0.2) is 13.2 Å². The van der Waals surface area contributed by atoms with E-state index in [0.29, 0.717) is 5.56 Å². The van der Waals surface area contributed by atoms with Crippen molar-refractivity contribution in [3.05, 3.63) is 58.1 Å². The molecule has 1 N–H and O–H groups in total. The molecule has 0 spiro atoms. The maximum Gasteiger partial charge on any atom is 0.358 e. The summed E-state index contributed by atoms with van der Waals surface area (Å²) in [6.07, 6.45) is 1.40. The molecule has 1 aromatic heterocycles. The van der Waals surface area contributed by atoms with E-state index in [1.807, 2.05) is 0 Å². The first-order chi connectivity index (χ1) is 14.0. The van der Waals surface area contributed by atoms with Crippen LogP contribution in [0, 0.1) is 5.92 Å². The van der Waals surface area contributed by atoms with E-state index in [4.69, 9.17) is 9.15 Å². The zero-order valence-corrected chi connectivity index (χ0v) is 18.1. The van der Waals surface area contributed by atoms with E-state index in [9.17, 15) is 23.1 Å². The largest absolute Gasteiger partial charge is 0.506 e. The monoisotopic (exact) mass is 434 g/mol. The van der Waals surface area contributed by atoms with E-state index in [1.54, 1.807) is 51.1 Å². The molecule has 0 amide bonds. The molecule has 8 heteroatoms. The van der Waals surface area contributed by atoms with Crippen molar-refractivity contribution < 1.29 is 27.5 Å². The molecule has 1 saturated carbocycles. The second-order valence-corrected chi connectivity index (χ2v) is 10.5. The third kappa shape index (κ3) is 5.11. The number of aryl methyl sites for hydroxylation is 1. The highest BCUT2D eigenvalue weighted by Gasteiger charge is 2.44. The summed E-state index contributed by atoms with van der Waals surface area (Å²) >= 11 is 0. The molecule has 3 rings (SSSR count). The van der Waals surface area contributed by atoms with Crippen LogP contribution in [0.4, 0.5) is 0 Å². The highest BCUT2D eigenvalue weighted by Crippen LogP contribution is 2.48. The minimum atomic E-state index is -4.17. The first-order valence-electron chi connectivity index (χ1n) is 9.86. The van der Waals surface area contributed by atoms with E-state index < -0.39 is 42.9 Å². The van der Waals surface area contributed by atoms with E-state index >= 15 is 0 Å². The molecule has 162 valence electrons. The van der Waals surface area contributed by atoms with E-state index in [0.717, 1.165) is 18.9 Å². The molecule has 1 unspecified atom stereocenters. The van der Waals surface area contributed by atoms with Gasteiger partial charge in [0.2, 0.25) is 0 Å². The molecular weight excluding hydrogens is 408 g/mol. The lowest BCUT2D eigenvalue weighted by molar-refractivity contribution is -0.154. The Hall–Kier alpha value is -2.61. The maximum absolute atomic E-state index is 13.3. The van der Waals surface area contributed by atoms with Crippen LogP contribution in [0.25, 0.3) is 0 Å². The van der Waals surface area contributed by atoms with Gasteiger partial charge in [-0.3, -0.25) is 4.79 Å². The average molecular weight is 435 g/mol. The van der Waals surface area contributed by atoms with E-state index in [-0.39, 0.29) is 24.5 Å². The molecule has 1 aliphatic rings. The second kappa shape index (κ2) is 8.26. The highest BCUT2D eigenvalue weighted by molar-refractivity contribution is 7.91. The Kier molecular flexibility index (Phi) is 6.08. The number of carbonyl (C=O) groups excluding carboxylic acids is 1. The topological polar surface area (TPSA) is 111 Å². The predicted octanol–water partition coefficient (Wildman–Crippen LogP) is 3.54. The van der Waals surface area contributed by atoms with Gasteiger partial charge in [0.25, 0.3) is 0 Å². The fourth-order valence-corrected chi connectivity index (χ4v) is 5.57. The molecule has 0 saturated heterocycles. The van der Waals surface area contributed by atoms with Gasteiger partial charge >= 0.3 is 11.6 Å². The standard InChI is InChI=1S/C22H26O7S/c1-22(2,3)29-18(24)12-11-16-13-17(23)20(21(25)28-16)30(26,27)19(15-9-10-15)14-7-5-4-6-8-14/h4-8,13,15,19,23H,9-12H2,1-3H3. The molecule has 1 heterocycles. The van der Waals surface area contributed by atoms with Crippen molar-refractivity contribution >= 4 is 15.8 Å². The second-order valence-electron chi connectivity index (χ2n) is 8.51. The van der Waals surface area contributed by atoms with Gasteiger partial charge in [0.15, 0.2) is 14.7 Å². The quantitative estimate of drug-likeness (QED) is 0.664. The lowest BCUT2D eigenvalue weighted by atomic mass is 10.1.